The van der Waals surface area contributed by atoms with Gasteiger partial charge in [0.2, 0.25) is 0 Å². The maximum Gasteiger partial charge on any atom is 0.347 e. The zero-order valence-corrected chi connectivity index (χ0v) is 10.2. The Balaban J connectivity index is 2.38. The number of aryl methyl sites for hydroxylation is 1. The fraction of sp³-hybridized carbons (Fsp3) is 0.200. The number of carbonyl (C=O) groups is 1. The highest BCUT2D eigenvalue weighted by Gasteiger charge is 2.14. The average Bonchev–Trinajstić information content (AvgIpc) is 2.75. The van der Waals surface area contributed by atoms with Crippen LogP contribution in [0.15, 0.2) is 18.3 Å². The second-order valence-electron chi connectivity index (χ2n) is 3.40. The Morgan fingerprint density at radius 2 is 2.44 bits per heavy atom. The minimum absolute atomic E-state index is 0.290. The number of hydrogen-bond donors (Lipinski definition) is 2. The van der Waals surface area contributed by atoms with Crippen LogP contribution in [0, 0.1) is 10.9 Å². The van der Waals surface area contributed by atoms with Gasteiger partial charge in [-0.05, 0) is 31.3 Å². The van der Waals surface area contributed by atoms with Crippen LogP contribution in [0.4, 0.5) is 0 Å². The van der Waals surface area contributed by atoms with E-state index in [1.165, 1.54) is 0 Å². The predicted molar refractivity (Wildman–Crippen MR) is 64.7 cm³/mol. The van der Waals surface area contributed by atoms with Gasteiger partial charge in [-0.25, -0.2) is 4.79 Å². The van der Waals surface area contributed by atoms with Crippen LogP contribution in [0.25, 0.3) is 0 Å². The molecular weight excluding hydrogens is 244 g/mol. The quantitative estimate of drug-likeness (QED) is 0.828. The molecule has 0 spiro atoms. The van der Waals surface area contributed by atoms with E-state index < -0.39 is 5.97 Å². The molecule has 84 valence electrons. The highest BCUT2D eigenvalue weighted by Crippen LogP contribution is 2.17. The molecule has 0 saturated carbocycles. The third kappa shape index (κ3) is 2.07. The van der Waals surface area contributed by atoms with Gasteiger partial charge in [0, 0.05) is 11.9 Å². The third-order valence-electron chi connectivity index (χ3n) is 2.30. The molecule has 0 aromatic carbocycles. The van der Waals surface area contributed by atoms with Crippen LogP contribution < -0.4 is 0 Å². The van der Waals surface area contributed by atoms with E-state index in [0.717, 1.165) is 17.0 Å². The van der Waals surface area contributed by atoms with E-state index in [4.69, 9.17) is 17.3 Å². The molecule has 2 aromatic rings. The number of aromatic amines is 1. The molecule has 0 aliphatic heterocycles. The zero-order valence-electron chi connectivity index (χ0n) is 8.56. The summed E-state index contributed by atoms with van der Waals surface area (Å²) in [5.74, 6) is -0.933. The summed E-state index contributed by atoms with van der Waals surface area (Å²) in [4.78, 5) is 14.2. The molecule has 6 heteroatoms. The highest BCUT2D eigenvalue weighted by atomic mass is 32.1. The van der Waals surface area contributed by atoms with Crippen LogP contribution in [0.1, 0.15) is 21.1 Å². The monoisotopic (exact) mass is 254 g/mol. The van der Waals surface area contributed by atoms with E-state index in [2.05, 4.69) is 4.98 Å². The molecule has 0 radical (unpaired) electrons. The van der Waals surface area contributed by atoms with Crippen LogP contribution in [0.3, 0.4) is 0 Å². The van der Waals surface area contributed by atoms with Gasteiger partial charge in [-0.3, -0.25) is 0 Å². The lowest BCUT2D eigenvalue weighted by molar-refractivity contribution is 0.0700. The zero-order chi connectivity index (χ0) is 11.7. The Bertz CT molecular complexity index is 580. The lowest BCUT2D eigenvalue weighted by atomic mass is 10.3. The number of aromatic carboxylic acids is 1. The van der Waals surface area contributed by atoms with Gasteiger partial charge in [-0.15, -0.1) is 0 Å². The van der Waals surface area contributed by atoms with Crippen molar-refractivity contribution in [1.29, 1.82) is 0 Å². The number of rotatable bonds is 3. The number of thiazole rings is 1. The summed E-state index contributed by atoms with van der Waals surface area (Å²) in [5, 5.41) is 9.01. The Morgan fingerprint density at radius 3 is 3.00 bits per heavy atom. The molecule has 0 fully saturated rings. The smallest absolute Gasteiger partial charge is 0.347 e. The summed E-state index contributed by atoms with van der Waals surface area (Å²) in [6.07, 6.45) is 1.91. The van der Waals surface area contributed by atoms with Crippen LogP contribution >= 0.6 is 23.6 Å². The van der Waals surface area contributed by atoms with Crippen LogP contribution in [0.2, 0.25) is 0 Å². The molecule has 0 aliphatic rings. The maximum atomic E-state index is 11.0. The summed E-state index contributed by atoms with van der Waals surface area (Å²) < 4.78 is 2.47. The van der Waals surface area contributed by atoms with Crippen molar-refractivity contribution in [3.63, 3.8) is 0 Å². The van der Waals surface area contributed by atoms with Crippen molar-refractivity contribution in [3.8, 4) is 0 Å². The van der Waals surface area contributed by atoms with Crippen molar-refractivity contribution in [2.75, 3.05) is 0 Å². The van der Waals surface area contributed by atoms with Gasteiger partial charge >= 0.3 is 5.97 Å². The number of nitrogens with one attached hydrogen (secondary N) is 1. The predicted octanol–water partition coefficient (Wildman–Crippen LogP) is 2.66. The highest BCUT2D eigenvalue weighted by molar-refractivity contribution is 7.73. The van der Waals surface area contributed by atoms with Gasteiger partial charge in [-0.1, -0.05) is 11.3 Å². The van der Waals surface area contributed by atoms with Crippen molar-refractivity contribution >= 4 is 29.5 Å². The Labute approximate surface area is 101 Å². The number of H-pyrrole nitrogens is 1. The lowest BCUT2D eigenvalue weighted by Gasteiger charge is -2.04. The van der Waals surface area contributed by atoms with Crippen molar-refractivity contribution in [2.24, 2.45) is 0 Å². The molecule has 0 unspecified atom stereocenters. The van der Waals surface area contributed by atoms with Crippen LogP contribution in [-0.4, -0.2) is 20.6 Å². The number of hydrogen-bond acceptors (Lipinski definition) is 3. The van der Waals surface area contributed by atoms with Gasteiger partial charge in [0.15, 0.2) is 3.95 Å². The molecule has 0 saturated heterocycles. The van der Waals surface area contributed by atoms with E-state index in [0.29, 0.717) is 16.2 Å². The van der Waals surface area contributed by atoms with Crippen molar-refractivity contribution < 1.29 is 9.90 Å². The maximum absolute atomic E-state index is 11.0. The third-order valence-corrected chi connectivity index (χ3v) is 3.57. The fourth-order valence-corrected chi connectivity index (χ4v) is 2.55. The van der Waals surface area contributed by atoms with Crippen molar-refractivity contribution in [1.82, 2.24) is 9.55 Å². The van der Waals surface area contributed by atoms with E-state index in [-0.39, 0.29) is 4.88 Å². The molecule has 0 atom stereocenters. The van der Waals surface area contributed by atoms with Gasteiger partial charge in [0.05, 0.1) is 12.2 Å². The first-order valence-corrected chi connectivity index (χ1v) is 5.87. The molecule has 4 nitrogen and oxygen atoms in total. The van der Waals surface area contributed by atoms with Crippen molar-refractivity contribution in [3.05, 3.63) is 38.5 Å². The molecule has 2 N–H and O–H groups in total. The van der Waals surface area contributed by atoms with Gasteiger partial charge in [-0.2, -0.15) is 0 Å². The van der Waals surface area contributed by atoms with Gasteiger partial charge in [0.1, 0.15) is 4.88 Å². The first kappa shape index (κ1) is 11.1. The van der Waals surface area contributed by atoms with E-state index in [1.807, 2.05) is 29.8 Å². The average molecular weight is 254 g/mol. The summed E-state index contributed by atoms with van der Waals surface area (Å²) in [5.41, 5.74) is 1.74. The van der Waals surface area contributed by atoms with E-state index >= 15 is 0 Å². The molecule has 0 amide bonds. The number of carboxylic acids is 1. The molecule has 0 aliphatic carbocycles. The normalized spacial score (nSPS) is 10.6. The Morgan fingerprint density at radius 1 is 1.69 bits per heavy atom. The summed E-state index contributed by atoms with van der Waals surface area (Å²) in [6.45, 7) is 2.48. The van der Waals surface area contributed by atoms with E-state index in [1.54, 1.807) is 0 Å². The second kappa shape index (κ2) is 4.23. The summed E-state index contributed by atoms with van der Waals surface area (Å²) >= 11 is 6.06. The molecule has 2 aromatic heterocycles. The lowest BCUT2D eigenvalue weighted by Crippen LogP contribution is -2.05. The summed E-state index contributed by atoms with van der Waals surface area (Å²) in [6, 6.07) is 3.90. The van der Waals surface area contributed by atoms with Crippen LogP contribution in [0.5, 0.6) is 0 Å². The number of aromatic nitrogens is 2. The minimum Gasteiger partial charge on any atom is -0.477 e. The van der Waals surface area contributed by atoms with Gasteiger partial charge < -0.3 is 14.7 Å². The van der Waals surface area contributed by atoms with Crippen LogP contribution in [-0.2, 0) is 6.54 Å². The number of carboxylic acid groups (broad SMARTS) is 1. The molecule has 0 bridgehead atoms. The molecule has 2 rings (SSSR count). The SMILES string of the molecule is Cc1cccn1Cc1[nH]c(=S)sc1C(=O)O. The Kier molecular flexibility index (Phi) is 2.93. The van der Waals surface area contributed by atoms with E-state index in [9.17, 15) is 4.79 Å². The fourth-order valence-electron chi connectivity index (χ4n) is 1.49. The second-order valence-corrected chi connectivity index (χ2v) is 5.09. The molecule has 2 heterocycles. The van der Waals surface area contributed by atoms with Gasteiger partial charge in [0.25, 0.3) is 0 Å². The topological polar surface area (TPSA) is 58.0 Å². The molecular formula is C10H10N2O2S2. The minimum atomic E-state index is -0.933. The molecule has 16 heavy (non-hydrogen) atoms. The summed E-state index contributed by atoms with van der Waals surface area (Å²) in [7, 11) is 0. The standard InChI is InChI=1S/C10H10N2O2S2/c1-6-3-2-4-12(6)5-7-8(9(13)14)16-10(15)11-7/h2-4H,5H2,1H3,(H,11,15)(H,13,14). The Hall–Kier alpha value is -1.40. The largest absolute Gasteiger partial charge is 0.477 e. The first-order valence-electron chi connectivity index (χ1n) is 4.65. The number of nitrogens with zero attached hydrogens (tertiary/aromatic N) is 1. The van der Waals surface area contributed by atoms with Crippen molar-refractivity contribution in [2.45, 2.75) is 13.5 Å². The first-order chi connectivity index (χ1) is 7.58.